The molecule has 0 saturated carbocycles. The number of nitrogens with one attached hydrogen (secondary N) is 2. The van der Waals surface area contributed by atoms with Gasteiger partial charge in [0, 0.05) is 23.9 Å². The molecule has 23 heteroatoms. The van der Waals surface area contributed by atoms with Crippen LogP contribution >= 0.6 is 175 Å². The van der Waals surface area contributed by atoms with Crippen LogP contribution < -0.4 is 16.4 Å². The summed E-state index contributed by atoms with van der Waals surface area (Å²) in [5, 5.41) is 7.24. The number of halogens is 7. The van der Waals surface area contributed by atoms with E-state index in [4.69, 9.17) is 24.7 Å². The van der Waals surface area contributed by atoms with Crippen LogP contribution in [0.3, 0.4) is 0 Å². The second-order valence-electron chi connectivity index (χ2n) is 13.2. The van der Waals surface area contributed by atoms with Crippen LogP contribution in [0.25, 0.3) is 0 Å². The number of rotatable bonds is 7. The molecule has 1 radical (unpaired) electrons. The fourth-order valence-electron chi connectivity index (χ4n) is 2.14. The van der Waals surface area contributed by atoms with Crippen molar-refractivity contribution in [1.29, 1.82) is 0 Å². The van der Waals surface area contributed by atoms with E-state index in [0.717, 1.165) is -0.0619 Å². The molecule has 4 N–H and O–H groups in total. The zero-order valence-electron chi connectivity index (χ0n) is 32.3. The molecule has 0 aliphatic rings. The van der Waals surface area contributed by atoms with Crippen LogP contribution in [0.4, 0.5) is 9.59 Å². The minimum Gasteiger partial charge on any atom is -0.455 e. The molecular weight excluding hydrogens is 1530 g/mol. The van der Waals surface area contributed by atoms with E-state index in [1.54, 1.807) is 88.5 Å². The van der Waals surface area contributed by atoms with E-state index in [0.29, 0.717) is 5.01 Å². The van der Waals surface area contributed by atoms with E-state index in [1.165, 1.54) is 13.8 Å². The molecule has 317 valence electrons. The Bertz CT molecular complexity index is 1220. The largest absolute Gasteiger partial charge is 0.455 e. The number of hydrogen-bond donors (Lipinski definition) is 3. The number of carbonyl (C=O) groups is 5. The summed E-state index contributed by atoms with van der Waals surface area (Å²) in [5.41, 5.74) is 3.23. The fraction of sp³-hybridized carbons (Fsp3) is 0.677. The van der Waals surface area contributed by atoms with Gasteiger partial charge in [-0.1, -0.05) is 141 Å². The molecule has 0 fully saturated rings. The molecule has 1 aromatic rings. The maximum absolute atomic E-state index is 11.8. The van der Waals surface area contributed by atoms with Crippen molar-refractivity contribution in [3.8, 4) is 0 Å². The first kappa shape index (κ1) is 67.9. The molecule has 54 heavy (non-hydrogen) atoms. The van der Waals surface area contributed by atoms with Gasteiger partial charge < -0.3 is 57.9 Å². The van der Waals surface area contributed by atoms with Crippen molar-refractivity contribution in [2.75, 3.05) is 14.3 Å². The molecule has 1 heterocycles. The second kappa shape index (κ2) is 36.9. The predicted molar refractivity (Wildman–Crippen MR) is 274 cm³/mol. The maximum atomic E-state index is 11.8. The second-order valence-corrected chi connectivity index (χ2v) is 30.6. The molecule has 0 spiro atoms. The smallest absolute Gasteiger partial charge is 0.408 e. The summed E-state index contributed by atoms with van der Waals surface area (Å²) < 4.78 is 22.0. The van der Waals surface area contributed by atoms with Gasteiger partial charge in [0.15, 0.2) is 5.69 Å². The first-order valence-corrected chi connectivity index (χ1v) is 25.5. The topological polar surface area (TPSA) is 185 Å². The summed E-state index contributed by atoms with van der Waals surface area (Å²) in [6.07, 6.45) is -1.02. The summed E-state index contributed by atoms with van der Waals surface area (Å²) in [5.74, 6) is -1.81. The molecule has 0 unspecified atom stereocenters. The minimum atomic E-state index is -0.783. The molecule has 2 amide bonds. The molecular formula is C31H52BrI6N4O9S2V-. The van der Waals surface area contributed by atoms with Gasteiger partial charge in [-0.3, -0.25) is 9.73 Å². The molecule has 0 aliphatic heterocycles. The van der Waals surface area contributed by atoms with E-state index >= 15 is 0 Å². The van der Waals surface area contributed by atoms with Crippen molar-refractivity contribution < 1.29 is 61.5 Å². The van der Waals surface area contributed by atoms with E-state index in [9.17, 15) is 24.0 Å². The number of nitrogens with two attached hydrogens (primary N) is 1. The van der Waals surface area contributed by atoms with Gasteiger partial charge in [-0.2, -0.15) is 0 Å². The first-order chi connectivity index (χ1) is 23.8. The third kappa shape index (κ3) is 58.4. The molecule has 0 aliphatic carbocycles. The number of amides is 2. The number of hydrogen-bond acceptors (Lipinski definition) is 12. The van der Waals surface area contributed by atoms with Crippen LogP contribution in [-0.4, -0.2) is 76.5 Å². The zero-order chi connectivity index (χ0) is 43.4. The predicted octanol–water partition coefficient (Wildman–Crippen LogP) is 10.8. The summed E-state index contributed by atoms with van der Waals surface area (Å²) >= 11 is 22.1. The Balaban J connectivity index is -0.000000150. The van der Waals surface area contributed by atoms with Crippen LogP contribution in [0.2, 0.25) is 0 Å². The Hall–Kier alpha value is 2.11. The summed E-state index contributed by atoms with van der Waals surface area (Å²) in [6, 6.07) is 0. The number of aromatic nitrogens is 1. The van der Waals surface area contributed by atoms with Gasteiger partial charge in [-0.15, -0.1) is 11.3 Å². The molecule has 1 rings (SSSR count). The van der Waals surface area contributed by atoms with Crippen LogP contribution in [0.1, 0.15) is 98.6 Å². The standard InChI is InChI=1S/C14H22N2O4S.C7H11BrO3.C7H14N2O2S.CHI3.CH2I2.CH2I.V/c1-13(2,3)19-11(17)9-8-21-10(16-9)7-15-12(18)20-14(4,5)6;1-7(2,3)11-6(10)5(9)4-8;1-7(2,3)11-6(10)9-4-5(8)12;2-1(3)4;2-1-3;1-2;/h8H,7H2,1-6H3,(H,15,18);4H2,1-3H3;4H2,1-3H3,(H2,8,12)(H,9,10);1H;1H2;1H2;/q;;;;;-1;. The average Bonchev–Trinajstić information content (AvgIpc) is 3.42. The van der Waals surface area contributed by atoms with E-state index < -0.39 is 52.3 Å². The van der Waals surface area contributed by atoms with E-state index in [-0.39, 0.29) is 47.7 Å². The minimum absolute atomic E-state index is 0. The maximum Gasteiger partial charge on any atom is 0.408 e. The molecule has 13 nitrogen and oxygen atoms in total. The summed E-state index contributed by atoms with van der Waals surface area (Å²) in [4.78, 5) is 63.3. The zero-order valence-corrected chi connectivity index (χ0v) is 49.9. The normalized spacial score (nSPS) is 10.3. The Morgan fingerprint density at radius 3 is 1.48 bits per heavy atom. The van der Waals surface area contributed by atoms with E-state index in [1.807, 2.05) is 22.6 Å². The Morgan fingerprint density at radius 2 is 1.17 bits per heavy atom. The average molecular weight is 1580 g/mol. The Kier molecular flexibility index (Phi) is 46.4. The van der Waals surface area contributed by atoms with E-state index in [2.05, 4.69) is 162 Å². The number of carbonyl (C=O) groups excluding carboxylic acids is 5. The number of thiocarbonyl (C=S) groups is 1. The van der Waals surface area contributed by atoms with Crippen molar-refractivity contribution in [3.63, 3.8) is 0 Å². The molecule has 0 aromatic carbocycles. The van der Waals surface area contributed by atoms with Gasteiger partial charge in [-0.25, -0.2) is 24.2 Å². The number of ether oxygens (including phenoxy) is 4. The molecule has 1 aromatic heterocycles. The first-order valence-electron chi connectivity index (χ1n) is 14.8. The van der Waals surface area contributed by atoms with Gasteiger partial charge in [0.1, 0.15) is 27.3 Å². The Labute approximate surface area is 433 Å². The monoisotopic (exact) mass is 1580 g/mol. The Morgan fingerprint density at radius 1 is 0.815 bits per heavy atom. The van der Waals surface area contributed by atoms with Crippen LogP contribution in [0.5, 0.6) is 0 Å². The van der Waals surface area contributed by atoms with Gasteiger partial charge >= 0.3 is 24.1 Å². The van der Waals surface area contributed by atoms with Crippen LogP contribution in [0.15, 0.2) is 5.38 Å². The molecule has 0 bridgehead atoms. The van der Waals surface area contributed by atoms with Crippen molar-refractivity contribution in [1.82, 2.24) is 15.6 Å². The number of nitrogens with zero attached hydrogens (tertiary/aromatic N) is 1. The molecule has 0 saturated heterocycles. The van der Waals surface area contributed by atoms with Gasteiger partial charge in [-0.05, 0) is 83.1 Å². The van der Waals surface area contributed by atoms with Crippen LogP contribution in [0, 0.1) is 4.93 Å². The number of ketones is 1. The molecule has 0 atom stereocenters. The van der Waals surface area contributed by atoms with Crippen molar-refractivity contribution in [3.05, 3.63) is 21.0 Å². The van der Waals surface area contributed by atoms with Crippen molar-refractivity contribution in [2.45, 2.75) is 112 Å². The SMILES string of the molecule is CC(C)(C)OC(=O)C(=O)CBr.CC(C)(C)OC(=O)NCC(N)=S.CC(C)(C)OC(=O)NCc1nc(C(=O)OC(C)(C)C)cs1.IC(I)I.ICI.[CH2-]I.[V]. The van der Waals surface area contributed by atoms with Crippen molar-refractivity contribution >= 4 is 210 Å². The third-order valence-corrected chi connectivity index (χ3v) is 5.00. The third-order valence-electron chi connectivity index (χ3n) is 3.50. The van der Waals surface area contributed by atoms with Crippen molar-refractivity contribution in [2.24, 2.45) is 5.73 Å². The van der Waals surface area contributed by atoms with Gasteiger partial charge in [0.05, 0.1) is 25.8 Å². The number of alkyl carbamates (subject to hydrolysis) is 2. The number of esters is 2. The number of thiazole rings is 1. The van der Waals surface area contributed by atoms with Gasteiger partial charge in [0.25, 0.3) is 5.78 Å². The summed E-state index contributed by atoms with van der Waals surface area (Å²) in [6.45, 7) is 21.6. The van der Waals surface area contributed by atoms with Crippen LogP contribution in [-0.2, 0) is 53.6 Å². The fourth-order valence-corrected chi connectivity index (χ4v) is 3.15. The number of alkyl halides is 6. The summed E-state index contributed by atoms with van der Waals surface area (Å²) in [7, 11) is 0. The quantitative estimate of drug-likeness (QED) is 0.0447. The number of Topliss-reactive ketones (excluding diaryl/α,β-unsaturated/α-hetero) is 1. The van der Waals surface area contributed by atoms with Gasteiger partial charge in [0.2, 0.25) is 0 Å².